The number of hydrogen-bond acceptors (Lipinski definition) is 1. The summed E-state index contributed by atoms with van der Waals surface area (Å²) in [6, 6.07) is 24.3. The summed E-state index contributed by atoms with van der Waals surface area (Å²) in [7, 11) is 0. The molecule has 0 unspecified atom stereocenters. The summed E-state index contributed by atoms with van der Waals surface area (Å²) in [5.74, 6) is 1.47. The summed E-state index contributed by atoms with van der Waals surface area (Å²) >= 11 is 0. The molecule has 1 heterocycles. The van der Waals surface area contributed by atoms with Crippen LogP contribution in [-0.4, -0.2) is 9.55 Å². The molecule has 2 nitrogen and oxygen atoms in total. The van der Waals surface area contributed by atoms with E-state index in [1.54, 1.807) is 0 Å². The standard InChI is InChI=1S/C29H32N2.C2H6/c1-5-24-13-10-14-25(6-2)28(24)31-18-17-30-29(31)27-20-23(15-16-26(27)21(3)4)19-22-11-8-7-9-12-22;1-2/h7-18,20-21H,5-6,19H2,1-4H3;1-2H3. The van der Waals surface area contributed by atoms with Crippen LogP contribution in [0.5, 0.6) is 0 Å². The number of aromatic nitrogens is 2. The number of benzene rings is 3. The van der Waals surface area contributed by atoms with Gasteiger partial charge in [0.2, 0.25) is 0 Å². The third-order valence-corrected chi connectivity index (χ3v) is 6.08. The summed E-state index contributed by atoms with van der Waals surface area (Å²) in [4.78, 5) is 4.87. The lowest BCUT2D eigenvalue weighted by molar-refractivity contribution is 0.862. The zero-order chi connectivity index (χ0) is 23.8. The summed E-state index contributed by atoms with van der Waals surface area (Å²) in [6.07, 6.45) is 7.00. The zero-order valence-electron chi connectivity index (χ0n) is 21.1. The van der Waals surface area contributed by atoms with Crippen LogP contribution < -0.4 is 0 Å². The zero-order valence-corrected chi connectivity index (χ0v) is 21.1. The van der Waals surface area contributed by atoms with Crippen molar-refractivity contribution in [1.82, 2.24) is 9.55 Å². The van der Waals surface area contributed by atoms with Gasteiger partial charge >= 0.3 is 0 Å². The maximum Gasteiger partial charge on any atom is 0.144 e. The quantitative estimate of drug-likeness (QED) is 0.283. The van der Waals surface area contributed by atoms with Crippen molar-refractivity contribution in [3.05, 3.63) is 107 Å². The lowest BCUT2D eigenvalue weighted by Crippen LogP contribution is -2.06. The van der Waals surface area contributed by atoms with Crippen LogP contribution in [0.4, 0.5) is 0 Å². The van der Waals surface area contributed by atoms with E-state index in [0.29, 0.717) is 5.92 Å². The van der Waals surface area contributed by atoms with Crippen molar-refractivity contribution < 1.29 is 0 Å². The molecule has 2 heteroatoms. The Bertz CT molecular complexity index is 1130. The van der Waals surface area contributed by atoms with Gasteiger partial charge in [-0.05, 0) is 59.1 Å². The maximum atomic E-state index is 4.87. The summed E-state index contributed by atoms with van der Waals surface area (Å²) in [5.41, 5.74) is 9.26. The normalized spacial score (nSPS) is 10.8. The van der Waals surface area contributed by atoms with Gasteiger partial charge in [-0.25, -0.2) is 4.98 Å². The second-order valence-corrected chi connectivity index (χ2v) is 8.49. The summed E-state index contributed by atoms with van der Waals surface area (Å²) < 4.78 is 2.31. The molecule has 0 spiro atoms. The van der Waals surface area contributed by atoms with Gasteiger partial charge in [-0.3, -0.25) is 4.57 Å². The molecule has 0 saturated heterocycles. The van der Waals surface area contributed by atoms with E-state index >= 15 is 0 Å². The first-order valence-electron chi connectivity index (χ1n) is 12.4. The number of nitrogens with zero attached hydrogens (tertiary/aromatic N) is 2. The number of hydrogen-bond donors (Lipinski definition) is 0. The van der Waals surface area contributed by atoms with Crippen molar-refractivity contribution in [3.8, 4) is 17.1 Å². The highest BCUT2D eigenvalue weighted by Crippen LogP contribution is 2.33. The molecule has 0 N–H and O–H groups in total. The van der Waals surface area contributed by atoms with Crippen LogP contribution in [0.3, 0.4) is 0 Å². The van der Waals surface area contributed by atoms with E-state index in [1.165, 1.54) is 39.1 Å². The van der Waals surface area contributed by atoms with Crippen LogP contribution in [0.15, 0.2) is 79.1 Å². The van der Waals surface area contributed by atoms with Crippen molar-refractivity contribution in [3.63, 3.8) is 0 Å². The number of para-hydroxylation sites is 1. The van der Waals surface area contributed by atoms with E-state index in [4.69, 9.17) is 4.98 Å². The van der Waals surface area contributed by atoms with E-state index < -0.39 is 0 Å². The van der Waals surface area contributed by atoms with E-state index in [0.717, 1.165) is 25.1 Å². The fourth-order valence-corrected chi connectivity index (χ4v) is 4.45. The minimum atomic E-state index is 0.429. The molecule has 4 rings (SSSR count). The van der Waals surface area contributed by atoms with Crippen molar-refractivity contribution in [2.45, 2.75) is 66.7 Å². The van der Waals surface area contributed by atoms with Gasteiger partial charge in [0.15, 0.2) is 0 Å². The minimum absolute atomic E-state index is 0.429. The smallest absolute Gasteiger partial charge is 0.144 e. The monoisotopic (exact) mass is 438 g/mol. The summed E-state index contributed by atoms with van der Waals surface area (Å²) in [6.45, 7) is 13.0. The molecule has 33 heavy (non-hydrogen) atoms. The Kier molecular flexibility index (Phi) is 8.65. The fraction of sp³-hybridized carbons (Fsp3) is 0.323. The second kappa shape index (κ2) is 11.7. The molecule has 0 aliphatic heterocycles. The first kappa shape index (κ1) is 24.5. The average molecular weight is 439 g/mol. The number of aryl methyl sites for hydroxylation is 2. The van der Waals surface area contributed by atoms with Crippen molar-refractivity contribution in [1.29, 1.82) is 0 Å². The van der Waals surface area contributed by atoms with Crippen LogP contribution in [0.25, 0.3) is 17.1 Å². The van der Waals surface area contributed by atoms with Crippen molar-refractivity contribution >= 4 is 0 Å². The van der Waals surface area contributed by atoms with E-state index in [9.17, 15) is 0 Å². The summed E-state index contributed by atoms with van der Waals surface area (Å²) in [5, 5.41) is 0. The lowest BCUT2D eigenvalue weighted by Gasteiger charge is -2.19. The Morgan fingerprint density at radius 2 is 1.45 bits per heavy atom. The third kappa shape index (κ3) is 5.45. The molecule has 3 aromatic carbocycles. The highest BCUT2D eigenvalue weighted by atomic mass is 15.1. The Balaban J connectivity index is 0.00000149. The number of imidazole rings is 1. The Hall–Kier alpha value is -3.13. The molecular weight excluding hydrogens is 400 g/mol. The molecule has 1 aromatic heterocycles. The molecule has 0 radical (unpaired) electrons. The second-order valence-electron chi connectivity index (χ2n) is 8.49. The Labute approximate surface area is 200 Å². The average Bonchev–Trinajstić information content (AvgIpc) is 3.34. The van der Waals surface area contributed by atoms with Gasteiger partial charge < -0.3 is 0 Å². The third-order valence-electron chi connectivity index (χ3n) is 6.08. The van der Waals surface area contributed by atoms with Gasteiger partial charge in [0, 0.05) is 18.0 Å². The molecule has 0 saturated carbocycles. The Morgan fingerprint density at radius 1 is 0.788 bits per heavy atom. The predicted molar refractivity (Wildman–Crippen MR) is 142 cm³/mol. The SMILES string of the molecule is CC.CCc1cccc(CC)c1-n1ccnc1-c1cc(Cc2ccccc2)ccc1C(C)C. The van der Waals surface area contributed by atoms with Gasteiger partial charge in [0.05, 0.1) is 5.69 Å². The van der Waals surface area contributed by atoms with E-state index in [1.807, 2.05) is 20.0 Å². The highest BCUT2D eigenvalue weighted by Gasteiger charge is 2.18. The van der Waals surface area contributed by atoms with Crippen LogP contribution in [0, 0.1) is 0 Å². The van der Waals surface area contributed by atoms with Crippen LogP contribution >= 0.6 is 0 Å². The molecule has 0 amide bonds. The van der Waals surface area contributed by atoms with Gasteiger partial charge in [-0.15, -0.1) is 0 Å². The maximum absolute atomic E-state index is 4.87. The van der Waals surface area contributed by atoms with Crippen molar-refractivity contribution in [2.24, 2.45) is 0 Å². The molecule has 0 aliphatic carbocycles. The first-order valence-corrected chi connectivity index (χ1v) is 12.4. The van der Waals surface area contributed by atoms with Crippen LogP contribution in [0.1, 0.15) is 75.3 Å². The molecule has 172 valence electrons. The largest absolute Gasteiger partial charge is 0.299 e. The van der Waals surface area contributed by atoms with Crippen LogP contribution in [-0.2, 0) is 19.3 Å². The molecule has 0 atom stereocenters. The Morgan fingerprint density at radius 3 is 2.06 bits per heavy atom. The van der Waals surface area contributed by atoms with Gasteiger partial charge in [-0.1, -0.05) is 102 Å². The first-order chi connectivity index (χ1) is 16.1. The molecule has 0 aliphatic rings. The number of rotatable bonds is 7. The molecule has 4 aromatic rings. The minimum Gasteiger partial charge on any atom is -0.299 e. The van der Waals surface area contributed by atoms with Crippen molar-refractivity contribution in [2.75, 3.05) is 0 Å². The van der Waals surface area contributed by atoms with Crippen LogP contribution in [0.2, 0.25) is 0 Å². The van der Waals surface area contributed by atoms with E-state index in [-0.39, 0.29) is 0 Å². The van der Waals surface area contributed by atoms with Gasteiger partial charge in [0.1, 0.15) is 5.82 Å². The van der Waals surface area contributed by atoms with E-state index in [2.05, 4.69) is 105 Å². The molecule has 0 fully saturated rings. The molecular formula is C31H38N2. The topological polar surface area (TPSA) is 17.8 Å². The molecule has 0 bridgehead atoms. The van der Waals surface area contributed by atoms with Gasteiger partial charge in [-0.2, -0.15) is 0 Å². The fourth-order valence-electron chi connectivity index (χ4n) is 4.45. The van der Waals surface area contributed by atoms with Gasteiger partial charge in [0.25, 0.3) is 0 Å². The predicted octanol–water partition coefficient (Wildman–Crippen LogP) is 8.40. The lowest BCUT2D eigenvalue weighted by atomic mass is 9.92. The highest BCUT2D eigenvalue weighted by molar-refractivity contribution is 5.67.